The van der Waals surface area contributed by atoms with Gasteiger partial charge in [-0.1, -0.05) is 18.2 Å². The number of halogens is 1. The summed E-state index contributed by atoms with van der Waals surface area (Å²) < 4.78 is 19.0. The number of amides is 1. The Bertz CT molecular complexity index is 672. The molecule has 0 unspecified atom stereocenters. The summed E-state index contributed by atoms with van der Waals surface area (Å²) >= 11 is 0. The molecule has 5 heteroatoms. The fourth-order valence-corrected chi connectivity index (χ4v) is 2.16. The molecule has 1 heterocycles. The van der Waals surface area contributed by atoms with Crippen molar-refractivity contribution in [1.82, 2.24) is 0 Å². The number of hydrogen-bond acceptors (Lipinski definition) is 3. The normalized spacial score (nSPS) is 13.8. The fraction of sp³-hybridized carbons (Fsp3) is 0.133. The molecule has 102 valence electrons. The second-order valence-electron chi connectivity index (χ2n) is 4.51. The molecule has 3 rings (SSSR count). The van der Waals surface area contributed by atoms with E-state index in [0.29, 0.717) is 17.0 Å². The maximum Gasteiger partial charge on any atom is 0.265 e. The topological polar surface area (TPSA) is 49.8 Å². The number of phenolic OH excluding ortho intramolecular Hbond substituents is 1. The minimum Gasteiger partial charge on any atom is -0.508 e. The number of fused-ring (bicyclic) bond motifs is 1. The van der Waals surface area contributed by atoms with E-state index in [0.717, 1.165) is 0 Å². The molecule has 4 nitrogen and oxygen atoms in total. The molecule has 2 aromatic rings. The molecule has 0 spiro atoms. The van der Waals surface area contributed by atoms with Crippen molar-refractivity contribution in [3.05, 3.63) is 53.8 Å². The highest BCUT2D eigenvalue weighted by Crippen LogP contribution is 2.35. The van der Waals surface area contributed by atoms with Crippen molar-refractivity contribution in [2.24, 2.45) is 0 Å². The first kappa shape index (κ1) is 12.5. The summed E-state index contributed by atoms with van der Waals surface area (Å²) in [5.41, 5.74) is 0.863. The van der Waals surface area contributed by atoms with Gasteiger partial charge in [-0.15, -0.1) is 0 Å². The minimum atomic E-state index is -0.367. The lowest BCUT2D eigenvalue weighted by Crippen LogP contribution is -2.38. The van der Waals surface area contributed by atoms with Crippen LogP contribution in [0, 0.1) is 5.82 Å². The number of phenols is 1. The predicted octanol–water partition coefficient (Wildman–Crippen LogP) is 2.46. The van der Waals surface area contributed by atoms with Crippen molar-refractivity contribution in [3.63, 3.8) is 0 Å². The first-order valence-corrected chi connectivity index (χ1v) is 6.15. The Labute approximate surface area is 115 Å². The number of aromatic hydroxyl groups is 1. The number of ether oxygens (including phenoxy) is 1. The summed E-state index contributed by atoms with van der Waals surface area (Å²) in [5.74, 6) is -0.112. The summed E-state index contributed by atoms with van der Waals surface area (Å²) in [6.45, 7) is 0.0115. The van der Waals surface area contributed by atoms with Crippen LogP contribution in [0.25, 0.3) is 0 Å². The number of nitrogens with zero attached hydrogens (tertiary/aromatic N) is 1. The van der Waals surface area contributed by atoms with Crippen LogP contribution in [0.4, 0.5) is 10.1 Å². The van der Waals surface area contributed by atoms with Gasteiger partial charge in [0.1, 0.15) is 17.3 Å². The van der Waals surface area contributed by atoms with Gasteiger partial charge in [-0.05, 0) is 18.2 Å². The molecule has 0 atom stereocenters. The molecular weight excluding hydrogens is 261 g/mol. The van der Waals surface area contributed by atoms with Crippen LogP contribution >= 0.6 is 0 Å². The number of anilines is 1. The van der Waals surface area contributed by atoms with Crippen molar-refractivity contribution in [1.29, 1.82) is 0 Å². The van der Waals surface area contributed by atoms with Gasteiger partial charge in [-0.2, -0.15) is 0 Å². The Hall–Kier alpha value is -2.56. The van der Waals surface area contributed by atoms with Crippen LogP contribution in [0.15, 0.2) is 42.5 Å². The lowest BCUT2D eigenvalue weighted by atomic mass is 10.1. The largest absolute Gasteiger partial charge is 0.508 e. The van der Waals surface area contributed by atoms with Crippen molar-refractivity contribution < 1.29 is 19.0 Å². The quantitative estimate of drug-likeness (QED) is 0.914. The Morgan fingerprint density at radius 1 is 1.25 bits per heavy atom. The van der Waals surface area contributed by atoms with E-state index in [4.69, 9.17) is 4.74 Å². The van der Waals surface area contributed by atoms with Crippen molar-refractivity contribution in [2.45, 2.75) is 6.54 Å². The molecule has 0 saturated heterocycles. The number of benzene rings is 2. The number of rotatable bonds is 2. The van der Waals surface area contributed by atoms with E-state index in [-0.39, 0.29) is 30.6 Å². The third-order valence-corrected chi connectivity index (χ3v) is 3.17. The summed E-state index contributed by atoms with van der Waals surface area (Å²) in [5, 5.41) is 9.55. The third-order valence-electron chi connectivity index (χ3n) is 3.17. The molecule has 1 N–H and O–H groups in total. The van der Waals surface area contributed by atoms with Crippen molar-refractivity contribution in [2.75, 3.05) is 11.5 Å². The first-order chi connectivity index (χ1) is 9.65. The molecule has 0 radical (unpaired) electrons. The van der Waals surface area contributed by atoms with E-state index in [9.17, 15) is 14.3 Å². The molecule has 0 fully saturated rings. The van der Waals surface area contributed by atoms with E-state index in [2.05, 4.69) is 0 Å². The van der Waals surface area contributed by atoms with Gasteiger partial charge in [0, 0.05) is 11.6 Å². The zero-order chi connectivity index (χ0) is 14.1. The smallest absolute Gasteiger partial charge is 0.265 e. The van der Waals surface area contributed by atoms with Crippen LogP contribution in [-0.4, -0.2) is 17.6 Å². The highest BCUT2D eigenvalue weighted by atomic mass is 19.1. The molecule has 2 aromatic carbocycles. The van der Waals surface area contributed by atoms with Crippen molar-refractivity contribution >= 4 is 11.6 Å². The van der Waals surface area contributed by atoms with E-state index in [1.54, 1.807) is 24.3 Å². The first-order valence-electron chi connectivity index (χ1n) is 6.15. The second-order valence-corrected chi connectivity index (χ2v) is 4.51. The zero-order valence-corrected chi connectivity index (χ0v) is 10.5. The Morgan fingerprint density at radius 3 is 2.85 bits per heavy atom. The van der Waals surface area contributed by atoms with Crippen LogP contribution in [0.1, 0.15) is 5.56 Å². The zero-order valence-electron chi connectivity index (χ0n) is 10.5. The fourth-order valence-electron chi connectivity index (χ4n) is 2.16. The number of carbonyl (C=O) groups excluding carboxylic acids is 1. The highest BCUT2D eigenvalue weighted by molar-refractivity contribution is 5.97. The minimum absolute atomic E-state index is 0.0283. The SMILES string of the molecule is O=C1COc2ccc(O)cc2N1Cc1ccccc1F. The average Bonchev–Trinajstić information content (AvgIpc) is 2.44. The summed E-state index contributed by atoms with van der Waals surface area (Å²) in [7, 11) is 0. The summed E-state index contributed by atoms with van der Waals surface area (Å²) in [6, 6.07) is 10.8. The van der Waals surface area contributed by atoms with Gasteiger partial charge in [-0.25, -0.2) is 4.39 Å². The van der Waals surface area contributed by atoms with Gasteiger partial charge in [0.25, 0.3) is 5.91 Å². The van der Waals surface area contributed by atoms with Crippen LogP contribution < -0.4 is 9.64 Å². The monoisotopic (exact) mass is 273 g/mol. The average molecular weight is 273 g/mol. The van der Waals surface area contributed by atoms with E-state index < -0.39 is 0 Å². The van der Waals surface area contributed by atoms with Crippen LogP contribution in [-0.2, 0) is 11.3 Å². The molecule has 1 amide bonds. The molecule has 1 aliphatic heterocycles. The number of hydrogen-bond donors (Lipinski definition) is 1. The standard InChI is InChI=1S/C15H12FNO3/c16-12-4-2-1-3-10(12)8-17-13-7-11(18)5-6-14(13)20-9-15(17)19/h1-7,18H,8-9H2. The van der Waals surface area contributed by atoms with Crippen LogP contribution in [0.3, 0.4) is 0 Å². The molecule has 20 heavy (non-hydrogen) atoms. The highest BCUT2D eigenvalue weighted by Gasteiger charge is 2.26. The molecule has 0 aliphatic carbocycles. The number of carbonyl (C=O) groups is 1. The second kappa shape index (κ2) is 4.85. The molecular formula is C15H12FNO3. The van der Waals surface area contributed by atoms with Gasteiger partial charge in [-0.3, -0.25) is 4.79 Å². The van der Waals surface area contributed by atoms with Crippen LogP contribution in [0.5, 0.6) is 11.5 Å². The van der Waals surface area contributed by atoms with E-state index in [1.165, 1.54) is 23.1 Å². The predicted molar refractivity (Wildman–Crippen MR) is 71.2 cm³/mol. The Morgan fingerprint density at radius 2 is 2.05 bits per heavy atom. The lowest BCUT2D eigenvalue weighted by Gasteiger charge is -2.29. The van der Waals surface area contributed by atoms with Gasteiger partial charge in [0.15, 0.2) is 6.61 Å². The van der Waals surface area contributed by atoms with E-state index >= 15 is 0 Å². The van der Waals surface area contributed by atoms with E-state index in [1.807, 2.05) is 0 Å². The lowest BCUT2D eigenvalue weighted by molar-refractivity contribution is -0.121. The van der Waals surface area contributed by atoms with Gasteiger partial charge in [0.05, 0.1) is 12.2 Å². The van der Waals surface area contributed by atoms with Gasteiger partial charge in [0.2, 0.25) is 0 Å². The van der Waals surface area contributed by atoms with Crippen LogP contribution in [0.2, 0.25) is 0 Å². The summed E-state index contributed by atoms with van der Waals surface area (Å²) in [4.78, 5) is 13.4. The Balaban J connectivity index is 1.99. The maximum absolute atomic E-state index is 13.7. The Kier molecular flexibility index (Phi) is 3.02. The molecule has 0 aromatic heterocycles. The summed E-state index contributed by atoms with van der Waals surface area (Å²) in [6.07, 6.45) is 0. The van der Waals surface area contributed by atoms with Gasteiger partial charge >= 0.3 is 0 Å². The molecule has 1 aliphatic rings. The molecule has 0 saturated carbocycles. The van der Waals surface area contributed by atoms with Crippen molar-refractivity contribution in [3.8, 4) is 11.5 Å². The third kappa shape index (κ3) is 2.18. The van der Waals surface area contributed by atoms with Gasteiger partial charge < -0.3 is 14.7 Å². The maximum atomic E-state index is 13.7. The molecule has 0 bridgehead atoms.